The number of anilines is 1. The fraction of sp³-hybridized carbons (Fsp3) is 0.417. The molecular formula is C12H17NO2. The molecule has 1 rings (SSSR count). The summed E-state index contributed by atoms with van der Waals surface area (Å²) in [5.41, 5.74) is 2.10. The van der Waals surface area contributed by atoms with Gasteiger partial charge in [-0.25, -0.2) is 4.79 Å². The third-order valence-electron chi connectivity index (χ3n) is 2.37. The maximum absolute atomic E-state index is 11.0. The summed E-state index contributed by atoms with van der Waals surface area (Å²) < 4.78 is 0. The summed E-state index contributed by atoms with van der Waals surface area (Å²) in [6, 6.07) is 5.95. The van der Waals surface area contributed by atoms with E-state index in [9.17, 15) is 4.79 Å². The van der Waals surface area contributed by atoms with E-state index in [1.807, 2.05) is 32.0 Å². The molecule has 0 saturated carbocycles. The monoisotopic (exact) mass is 207 g/mol. The van der Waals surface area contributed by atoms with Gasteiger partial charge in [-0.05, 0) is 44.9 Å². The van der Waals surface area contributed by atoms with Gasteiger partial charge in [0.2, 0.25) is 0 Å². The second kappa shape index (κ2) is 3.93. The van der Waals surface area contributed by atoms with Crippen LogP contribution in [0, 0.1) is 13.8 Å². The lowest BCUT2D eigenvalue weighted by Crippen LogP contribution is -2.40. The normalized spacial score (nSPS) is 11.2. The SMILES string of the molecule is Cc1ccc(C)c(NC(C)(C)C(=O)O)c1. The zero-order valence-electron chi connectivity index (χ0n) is 9.59. The molecule has 1 aromatic rings. The Morgan fingerprint density at radius 1 is 1.33 bits per heavy atom. The molecule has 1 aromatic carbocycles. The Morgan fingerprint density at radius 2 is 1.93 bits per heavy atom. The largest absolute Gasteiger partial charge is 0.480 e. The zero-order chi connectivity index (χ0) is 11.6. The van der Waals surface area contributed by atoms with Crippen molar-refractivity contribution in [2.24, 2.45) is 0 Å². The quantitative estimate of drug-likeness (QED) is 0.800. The summed E-state index contributed by atoms with van der Waals surface area (Å²) in [6.07, 6.45) is 0. The van der Waals surface area contributed by atoms with Crippen LogP contribution >= 0.6 is 0 Å². The van der Waals surface area contributed by atoms with Crippen LogP contribution in [-0.2, 0) is 4.79 Å². The molecular weight excluding hydrogens is 190 g/mol. The molecule has 0 fully saturated rings. The van der Waals surface area contributed by atoms with Gasteiger partial charge in [-0.2, -0.15) is 0 Å². The third kappa shape index (κ3) is 2.72. The number of carbonyl (C=O) groups is 1. The van der Waals surface area contributed by atoms with Crippen LogP contribution in [0.15, 0.2) is 18.2 Å². The summed E-state index contributed by atoms with van der Waals surface area (Å²) in [4.78, 5) is 11.0. The van der Waals surface area contributed by atoms with E-state index < -0.39 is 11.5 Å². The number of rotatable bonds is 3. The summed E-state index contributed by atoms with van der Waals surface area (Å²) in [5.74, 6) is -0.858. The summed E-state index contributed by atoms with van der Waals surface area (Å²) >= 11 is 0. The number of aliphatic carboxylic acids is 1. The van der Waals surface area contributed by atoms with Gasteiger partial charge >= 0.3 is 5.97 Å². The predicted octanol–water partition coefficient (Wildman–Crippen LogP) is 2.58. The average molecular weight is 207 g/mol. The Bertz CT molecular complexity index is 383. The number of hydrogen-bond donors (Lipinski definition) is 2. The number of nitrogens with one attached hydrogen (secondary N) is 1. The number of aryl methyl sites for hydroxylation is 2. The van der Waals surface area contributed by atoms with E-state index in [0.29, 0.717) is 0 Å². The van der Waals surface area contributed by atoms with Gasteiger partial charge in [-0.1, -0.05) is 12.1 Å². The van der Waals surface area contributed by atoms with Gasteiger partial charge in [-0.15, -0.1) is 0 Å². The van der Waals surface area contributed by atoms with E-state index in [4.69, 9.17) is 5.11 Å². The number of benzene rings is 1. The van der Waals surface area contributed by atoms with Gasteiger partial charge in [0.05, 0.1) is 0 Å². The van der Waals surface area contributed by atoms with Crippen LogP contribution in [0.1, 0.15) is 25.0 Å². The van der Waals surface area contributed by atoms with Gasteiger partial charge in [0.15, 0.2) is 0 Å². The van der Waals surface area contributed by atoms with E-state index in [0.717, 1.165) is 16.8 Å². The molecule has 0 aromatic heterocycles. The van der Waals surface area contributed by atoms with Crippen LogP contribution in [0.5, 0.6) is 0 Å². The van der Waals surface area contributed by atoms with Crippen molar-refractivity contribution >= 4 is 11.7 Å². The van der Waals surface area contributed by atoms with Crippen LogP contribution < -0.4 is 5.32 Å². The minimum absolute atomic E-state index is 0.858. The minimum Gasteiger partial charge on any atom is -0.480 e. The molecule has 3 heteroatoms. The summed E-state index contributed by atoms with van der Waals surface area (Å²) in [5, 5.41) is 12.0. The predicted molar refractivity (Wildman–Crippen MR) is 61.3 cm³/mol. The molecule has 0 saturated heterocycles. The molecule has 0 atom stereocenters. The third-order valence-corrected chi connectivity index (χ3v) is 2.37. The van der Waals surface area contributed by atoms with E-state index in [1.165, 1.54) is 0 Å². The van der Waals surface area contributed by atoms with Gasteiger partial charge in [0.1, 0.15) is 5.54 Å². The van der Waals surface area contributed by atoms with Crippen LogP contribution in [0.4, 0.5) is 5.69 Å². The first kappa shape index (κ1) is 11.6. The molecule has 0 aliphatic carbocycles. The highest BCUT2D eigenvalue weighted by Crippen LogP contribution is 2.20. The standard InChI is InChI=1S/C12H17NO2/c1-8-5-6-9(2)10(7-8)13-12(3,4)11(14)15/h5-7,13H,1-4H3,(H,14,15). The van der Waals surface area contributed by atoms with E-state index in [-0.39, 0.29) is 0 Å². The van der Waals surface area contributed by atoms with E-state index in [2.05, 4.69) is 5.32 Å². The lowest BCUT2D eigenvalue weighted by Gasteiger charge is -2.23. The second-order valence-corrected chi connectivity index (χ2v) is 4.37. The molecule has 0 heterocycles. The van der Waals surface area contributed by atoms with Crippen LogP contribution in [0.25, 0.3) is 0 Å². The molecule has 82 valence electrons. The molecule has 0 bridgehead atoms. The van der Waals surface area contributed by atoms with Crippen molar-refractivity contribution in [2.45, 2.75) is 33.2 Å². The van der Waals surface area contributed by atoms with Crippen molar-refractivity contribution < 1.29 is 9.90 Å². The topological polar surface area (TPSA) is 49.3 Å². The lowest BCUT2D eigenvalue weighted by molar-refractivity contribution is -0.141. The zero-order valence-corrected chi connectivity index (χ0v) is 9.59. The smallest absolute Gasteiger partial charge is 0.328 e. The van der Waals surface area contributed by atoms with Crippen molar-refractivity contribution in [3.63, 3.8) is 0 Å². The molecule has 0 amide bonds. The first-order chi connectivity index (χ1) is 6.83. The molecule has 0 unspecified atom stereocenters. The maximum Gasteiger partial charge on any atom is 0.328 e. The van der Waals surface area contributed by atoms with Crippen molar-refractivity contribution in [2.75, 3.05) is 5.32 Å². The summed E-state index contributed by atoms with van der Waals surface area (Å²) in [7, 11) is 0. The highest BCUT2D eigenvalue weighted by molar-refractivity contribution is 5.82. The number of hydrogen-bond acceptors (Lipinski definition) is 2. The van der Waals surface area contributed by atoms with E-state index in [1.54, 1.807) is 13.8 Å². The lowest BCUT2D eigenvalue weighted by atomic mass is 10.0. The first-order valence-corrected chi connectivity index (χ1v) is 4.92. The van der Waals surface area contributed by atoms with Crippen molar-refractivity contribution in [1.29, 1.82) is 0 Å². The fourth-order valence-corrected chi connectivity index (χ4v) is 1.26. The van der Waals surface area contributed by atoms with Crippen molar-refractivity contribution in [3.05, 3.63) is 29.3 Å². The van der Waals surface area contributed by atoms with Crippen LogP contribution in [0.3, 0.4) is 0 Å². The van der Waals surface area contributed by atoms with Gasteiger partial charge in [0.25, 0.3) is 0 Å². The Morgan fingerprint density at radius 3 is 2.47 bits per heavy atom. The molecule has 0 spiro atoms. The Kier molecular flexibility index (Phi) is 3.03. The first-order valence-electron chi connectivity index (χ1n) is 4.92. The Balaban J connectivity index is 2.99. The van der Waals surface area contributed by atoms with Gasteiger partial charge < -0.3 is 10.4 Å². The Hall–Kier alpha value is -1.51. The fourth-order valence-electron chi connectivity index (χ4n) is 1.26. The van der Waals surface area contributed by atoms with Gasteiger partial charge in [-0.3, -0.25) is 0 Å². The van der Waals surface area contributed by atoms with Crippen molar-refractivity contribution in [1.82, 2.24) is 0 Å². The minimum atomic E-state index is -0.946. The number of carboxylic acid groups (broad SMARTS) is 1. The Labute approximate surface area is 90.1 Å². The summed E-state index contributed by atoms with van der Waals surface area (Å²) in [6.45, 7) is 7.24. The van der Waals surface area contributed by atoms with E-state index >= 15 is 0 Å². The van der Waals surface area contributed by atoms with Crippen LogP contribution in [-0.4, -0.2) is 16.6 Å². The molecule has 3 nitrogen and oxygen atoms in total. The molecule has 0 radical (unpaired) electrons. The second-order valence-electron chi connectivity index (χ2n) is 4.37. The highest BCUT2D eigenvalue weighted by Gasteiger charge is 2.26. The van der Waals surface area contributed by atoms with Crippen LogP contribution in [0.2, 0.25) is 0 Å². The molecule has 0 aliphatic rings. The average Bonchev–Trinajstić information content (AvgIpc) is 2.10. The maximum atomic E-state index is 11.0. The molecule has 15 heavy (non-hydrogen) atoms. The van der Waals surface area contributed by atoms with Crippen molar-refractivity contribution in [3.8, 4) is 0 Å². The van der Waals surface area contributed by atoms with Gasteiger partial charge in [0, 0.05) is 5.69 Å². The molecule has 2 N–H and O–H groups in total. The number of carboxylic acids is 1. The molecule has 0 aliphatic heterocycles. The highest BCUT2D eigenvalue weighted by atomic mass is 16.4.